The van der Waals surface area contributed by atoms with E-state index in [1.807, 2.05) is 19.1 Å². The van der Waals surface area contributed by atoms with Crippen molar-refractivity contribution in [3.05, 3.63) is 41.7 Å². The second-order valence-electron chi connectivity index (χ2n) is 3.64. The molecule has 3 nitrogen and oxygen atoms in total. The second-order valence-corrected chi connectivity index (χ2v) is 4.74. The summed E-state index contributed by atoms with van der Waals surface area (Å²) in [6.45, 7) is 4.07. The van der Waals surface area contributed by atoms with Gasteiger partial charge in [0.25, 0.3) is 0 Å². The maximum absolute atomic E-state index is 5.63. The van der Waals surface area contributed by atoms with Crippen LogP contribution in [0, 0.1) is 13.8 Å². The van der Waals surface area contributed by atoms with Gasteiger partial charge in [-0.1, -0.05) is 11.8 Å². The summed E-state index contributed by atoms with van der Waals surface area (Å²) in [5.74, 6) is 0.536. The molecule has 0 aliphatic carbocycles. The second kappa shape index (κ2) is 4.53. The summed E-state index contributed by atoms with van der Waals surface area (Å²) in [4.78, 5) is 9.48. The molecule has 2 aromatic rings. The van der Waals surface area contributed by atoms with E-state index in [0.29, 0.717) is 5.82 Å². The van der Waals surface area contributed by atoms with E-state index in [0.717, 1.165) is 15.6 Å². The van der Waals surface area contributed by atoms with Gasteiger partial charge >= 0.3 is 0 Å². The number of aromatic nitrogens is 2. The molecule has 2 rings (SSSR count). The third-order valence-corrected chi connectivity index (χ3v) is 2.96. The number of rotatable bonds is 2. The molecule has 0 spiro atoms. The van der Waals surface area contributed by atoms with Crippen LogP contribution < -0.4 is 5.73 Å². The van der Waals surface area contributed by atoms with Crippen molar-refractivity contribution in [3.8, 4) is 0 Å². The molecule has 0 amide bonds. The predicted octanol–water partition coefficient (Wildman–Crippen LogP) is 2.83. The summed E-state index contributed by atoms with van der Waals surface area (Å²) < 4.78 is 0. The summed E-state index contributed by atoms with van der Waals surface area (Å²) >= 11 is 1.60. The Kier molecular flexibility index (Phi) is 3.10. The molecule has 0 saturated heterocycles. The third kappa shape index (κ3) is 2.73. The smallest absolute Gasteiger partial charge is 0.124 e. The van der Waals surface area contributed by atoms with Gasteiger partial charge in [0.05, 0.1) is 0 Å². The van der Waals surface area contributed by atoms with Crippen LogP contribution in [0.15, 0.2) is 40.4 Å². The van der Waals surface area contributed by atoms with E-state index in [-0.39, 0.29) is 0 Å². The standard InChI is InChI=1S/C12H13N3S/c1-8-5-9(2)15-12(6-8)16-10-3-4-14-11(13)7-10/h3-7H,1-2H3,(H2,13,14). The lowest BCUT2D eigenvalue weighted by Gasteiger charge is -2.04. The highest BCUT2D eigenvalue weighted by Crippen LogP contribution is 2.27. The monoisotopic (exact) mass is 231 g/mol. The first kappa shape index (κ1) is 11.0. The molecule has 0 bridgehead atoms. The van der Waals surface area contributed by atoms with Gasteiger partial charge in [0.1, 0.15) is 10.8 Å². The van der Waals surface area contributed by atoms with Crippen LogP contribution in [0.5, 0.6) is 0 Å². The van der Waals surface area contributed by atoms with Crippen LogP contribution in [0.2, 0.25) is 0 Å². The van der Waals surface area contributed by atoms with Gasteiger partial charge in [-0.05, 0) is 43.7 Å². The summed E-state index contributed by atoms with van der Waals surface area (Å²) in [6.07, 6.45) is 1.71. The first-order chi connectivity index (χ1) is 7.63. The van der Waals surface area contributed by atoms with E-state index in [1.54, 1.807) is 18.0 Å². The van der Waals surface area contributed by atoms with Gasteiger partial charge in [0, 0.05) is 16.8 Å². The van der Waals surface area contributed by atoms with E-state index >= 15 is 0 Å². The van der Waals surface area contributed by atoms with E-state index in [1.165, 1.54) is 5.56 Å². The van der Waals surface area contributed by atoms with Crippen LogP contribution in [-0.2, 0) is 0 Å². The maximum atomic E-state index is 5.63. The molecule has 2 heterocycles. The van der Waals surface area contributed by atoms with Gasteiger partial charge in [-0.2, -0.15) is 0 Å². The Morgan fingerprint density at radius 2 is 2.00 bits per heavy atom. The van der Waals surface area contributed by atoms with Crippen molar-refractivity contribution in [2.75, 3.05) is 5.73 Å². The van der Waals surface area contributed by atoms with Crippen LogP contribution in [0.3, 0.4) is 0 Å². The van der Waals surface area contributed by atoms with Crippen molar-refractivity contribution < 1.29 is 0 Å². The molecule has 0 aliphatic rings. The Labute approximate surface area is 99.1 Å². The molecule has 0 unspecified atom stereocenters. The van der Waals surface area contributed by atoms with E-state index in [4.69, 9.17) is 5.73 Å². The number of nitrogens with zero attached hydrogens (tertiary/aromatic N) is 2. The summed E-state index contributed by atoms with van der Waals surface area (Å²) in [6, 6.07) is 7.91. The number of aryl methyl sites for hydroxylation is 2. The molecule has 0 atom stereocenters. The van der Waals surface area contributed by atoms with Crippen molar-refractivity contribution in [2.45, 2.75) is 23.8 Å². The summed E-state index contributed by atoms with van der Waals surface area (Å²) in [5.41, 5.74) is 7.88. The molecule has 0 radical (unpaired) electrons. The van der Waals surface area contributed by atoms with Crippen molar-refractivity contribution >= 4 is 17.6 Å². The van der Waals surface area contributed by atoms with Crippen LogP contribution in [0.4, 0.5) is 5.82 Å². The number of anilines is 1. The number of hydrogen-bond donors (Lipinski definition) is 1. The fourth-order valence-electron chi connectivity index (χ4n) is 1.47. The Morgan fingerprint density at radius 3 is 2.69 bits per heavy atom. The van der Waals surface area contributed by atoms with Crippen LogP contribution in [-0.4, -0.2) is 9.97 Å². The molecule has 2 aromatic heterocycles. The summed E-state index contributed by atoms with van der Waals surface area (Å²) in [7, 11) is 0. The fourth-order valence-corrected chi connectivity index (χ4v) is 2.45. The van der Waals surface area contributed by atoms with Gasteiger partial charge in [-0.3, -0.25) is 0 Å². The number of nitrogens with two attached hydrogens (primary N) is 1. The first-order valence-corrected chi connectivity index (χ1v) is 5.80. The zero-order chi connectivity index (χ0) is 11.5. The van der Waals surface area contributed by atoms with E-state index in [2.05, 4.69) is 29.0 Å². The number of hydrogen-bond acceptors (Lipinski definition) is 4. The molecule has 0 saturated carbocycles. The molecule has 0 fully saturated rings. The lowest BCUT2D eigenvalue weighted by atomic mass is 10.3. The molecule has 82 valence electrons. The maximum Gasteiger partial charge on any atom is 0.124 e. The zero-order valence-electron chi connectivity index (χ0n) is 9.27. The normalized spacial score (nSPS) is 10.4. The average Bonchev–Trinajstić information content (AvgIpc) is 2.15. The van der Waals surface area contributed by atoms with Crippen molar-refractivity contribution in [1.82, 2.24) is 9.97 Å². The van der Waals surface area contributed by atoms with E-state index < -0.39 is 0 Å². The largest absolute Gasteiger partial charge is 0.384 e. The van der Waals surface area contributed by atoms with Crippen molar-refractivity contribution in [1.29, 1.82) is 0 Å². The lowest BCUT2D eigenvalue weighted by molar-refractivity contribution is 1.05. The van der Waals surface area contributed by atoms with Gasteiger partial charge in [-0.15, -0.1) is 0 Å². The molecular weight excluding hydrogens is 218 g/mol. The van der Waals surface area contributed by atoms with E-state index in [9.17, 15) is 0 Å². The number of nitrogen functional groups attached to an aromatic ring is 1. The predicted molar refractivity (Wildman–Crippen MR) is 66.5 cm³/mol. The third-order valence-electron chi connectivity index (χ3n) is 2.05. The Balaban J connectivity index is 2.27. The number of pyridine rings is 2. The molecule has 2 N–H and O–H groups in total. The van der Waals surface area contributed by atoms with Gasteiger partial charge < -0.3 is 5.73 Å². The highest BCUT2D eigenvalue weighted by molar-refractivity contribution is 7.99. The summed E-state index contributed by atoms with van der Waals surface area (Å²) in [5, 5.41) is 0.989. The molecule has 16 heavy (non-hydrogen) atoms. The Morgan fingerprint density at radius 1 is 1.19 bits per heavy atom. The quantitative estimate of drug-likeness (QED) is 0.863. The minimum atomic E-state index is 0.536. The minimum Gasteiger partial charge on any atom is -0.384 e. The SMILES string of the molecule is Cc1cc(C)nc(Sc2ccnc(N)c2)c1. The Hall–Kier alpha value is -1.55. The average molecular weight is 231 g/mol. The molecule has 0 aromatic carbocycles. The van der Waals surface area contributed by atoms with Crippen LogP contribution in [0.1, 0.15) is 11.3 Å². The topological polar surface area (TPSA) is 51.8 Å². The van der Waals surface area contributed by atoms with Gasteiger partial charge in [0.15, 0.2) is 0 Å². The highest BCUT2D eigenvalue weighted by Gasteiger charge is 2.01. The Bertz CT molecular complexity index is 491. The fraction of sp³-hybridized carbons (Fsp3) is 0.167. The molecule has 4 heteroatoms. The lowest BCUT2D eigenvalue weighted by Crippen LogP contribution is -1.90. The zero-order valence-corrected chi connectivity index (χ0v) is 10.1. The van der Waals surface area contributed by atoms with Gasteiger partial charge in [0.2, 0.25) is 0 Å². The highest BCUT2D eigenvalue weighted by atomic mass is 32.2. The van der Waals surface area contributed by atoms with Crippen LogP contribution in [0.25, 0.3) is 0 Å². The van der Waals surface area contributed by atoms with Crippen molar-refractivity contribution in [2.24, 2.45) is 0 Å². The first-order valence-electron chi connectivity index (χ1n) is 4.98. The van der Waals surface area contributed by atoms with Crippen molar-refractivity contribution in [3.63, 3.8) is 0 Å². The van der Waals surface area contributed by atoms with Crippen LogP contribution >= 0.6 is 11.8 Å². The van der Waals surface area contributed by atoms with Gasteiger partial charge in [-0.25, -0.2) is 9.97 Å². The molecule has 0 aliphatic heterocycles. The minimum absolute atomic E-state index is 0.536. The molecular formula is C12H13N3S.